The third-order valence-corrected chi connectivity index (χ3v) is 4.94. The summed E-state index contributed by atoms with van der Waals surface area (Å²) in [6.07, 6.45) is 7.19. The predicted molar refractivity (Wildman–Crippen MR) is 67.6 cm³/mol. The highest BCUT2D eigenvalue weighted by Crippen LogP contribution is 2.34. The summed E-state index contributed by atoms with van der Waals surface area (Å²) in [5, 5.41) is 0. The highest BCUT2D eigenvalue weighted by atomic mass is 35.5. The topological polar surface area (TPSA) is 0 Å². The van der Waals surface area contributed by atoms with E-state index in [4.69, 9.17) is 11.8 Å². The molecule has 0 heterocycles. The molecule has 76 valence electrons. The minimum atomic E-state index is 0. The van der Waals surface area contributed by atoms with Crippen LogP contribution in [0.5, 0.6) is 0 Å². The summed E-state index contributed by atoms with van der Waals surface area (Å²) >= 11 is 5.20. The molecule has 1 rings (SSSR count). The monoisotopic (exact) mass is 248 g/mol. The van der Waals surface area contributed by atoms with Crippen molar-refractivity contribution < 1.29 is 0 Å². The molecule has 0 amide bonds. The zero-order valence-corrected chi connectivity index (χ0v) is 11.1. The van der Waals surface area contributed by atoms with E-state index < -0.39 is 0 Å². The molecular weight excluding hydrogens is 230 g/mol. The van der Waals surface area contributed by atoms with Crippen molar-refractivity contribution in [1.29, 1.82) is 0 Å². The van der Waals surface area contributed by atoms with Gasteiger partial charge in [-0.05, 0) is 24.4 Å². The summed E-state index contributed by atoms with van der Waals surface area (Å²) in [6, 6.07) is 0. The lowest BCUT2D eigenvalue weighted by Crippen LogP contribution is -2.18. The second-order valence-electron chi connectivity index (χ2n) is 3.25. The fourth-order valence-electron chi connectivity index (χ4n) is 1.92. The molecule has 1 saturated carbocycles. The SMILES string of the molecule is CCC1CCCCC1[PH2]=S.Cl.Cl. The van der Waals surface area contributed by atoms with Crippen LogP contribution in [0.25, 0.3) is 0 Å². The van der Waals surface area contributed by atoms with Gasteiger partial charge < -0.3 is 0 Å². The van der Waals surface area contributed by atoms with Crippen molar-refractivity contribution in [2.24, 2.45) is 5.92 Å². The summed E-state index contributed by atoms with van der Waals surface area (Å²) in [6.45, 7) is 2.31. The maximum absolute atomic E-state index is 5.20. The van der Waals surface area contributed by atoms with E-state index in [2.05, 4.69) is 6.92 Å². The third kappa shape index (κ3) is 4.46. The van der Waals surface area contributed by atoms with Gasteiger partial charge in [0.05, 0.1) is 0 Å². The van der Waals surface area contributed by atoms with Gasteiger partial charge in [0.15, 0.2) is 0 Å². The lowest BCUT2D eigenvalue weighted by molar-refractivity contribution is 0.361. The largest absolute Gasteiger partial charge is 0.147 e. The van der Waals surface area contributed by atoms with Gasteiger partial charge in [-0.15, -0.1) is 36.6 Å². The van der Waals surface area contributed by atoms with Gasteiger partial charge >= 0.3 is 0 Å². The molecule has 0 bridgehead atoms. The van der Waals surface area contributed by atoms with Gasteiger partial charge in [0.1, 0.15) is 0 Å². The van der Waals surface area contributed by atoms with E-state index >= 15 is 0 Å². The van der Waals surface area contributed by atoms with Crippen molar-refractivity contribution in [3.63, 3.8) is 0 Å². The van der Waals surface area contributed by atoms with E-state index in [0.717, 1.165) is 11.6 Å². The number of hydrogen-bond acceptors (Lipinski definition) is 1. The van der Waals surface area contributed by atoms with E-state index in [9.17, 15) is 0 Å². The zero-order chi connectivity index (χ0) is 7.40. The fourth-order valence-corrected chi connectivity index (χ4v) is 4.06. The summed E-state index contributed by atoms with van der Waals surface area (Å²) in [7, 11) is 0.335. The van der Waals surface area contributed by atoms with Crippen LogP contribution in [-0.4, -0.2) is 5.66 Å². The summed E-state index contributed by atoms with van der Waals surface area (Å²) in [4.78, 5) is 0. The Bertz CT molecular complexity index is 122. The van der Waals surface area contributed by atoms with Gasteiger partial charge in [-0.25, -0.2) is 0 Å². The van der Waals surface area contributed by atoms with Crippen molar-refractivity contribution in [3.05, 3.63) is 0 Å². The van der Waals surface area contributed by atoms with Gasteiger partial charge in [0, 0.05) is 0 Å². The summed E-state index contributed by atoms with van der Waals surface area (Å²) < 4.78 is 0. The molecule has 0 saturated heterocycles. The van der Waals surface area contributed by atoms with Crippen molar-refractivity contribution >= 4 is 44.0 Å². The Hall–Kier alpha value is 1.23. The molecule has 0 aromatic heterocycles. The van der Waals surface area contributed by atoms with E-state index in [-0.39, 0.29) is 24.8 Å². The normalized spacial score (nSPS) is 29.4. The average Bonchev–Trinajstić information content (AvgIpc) is 2.04. The van der Waals surface area contributed by atoms with Crippen LogP contribution < -0.4 is 0 Å². The van der Waals surface area contributed by atoms with E-state index in [1.165, 1.54) is 32.1 Å². The molecule has 1 aliphatic rings. The maximum Gasteiger partial charge on any atom is -0.0141 e. The minimum absolute atomic E-state index is 0. The van der Waals surface area contributed by atoms with E-state index in [1.807, 2.05) is 0 Å². The molecule has 1 fully saturated rings. The Morgan fingerprint density at radius 3 is 2.25 bits per heavy atom. The first kappa shape index (κ1) is 15.7. The number of rotatable bonds is 2. The lowest BCUT2D eigenvalue weighted by Gasteiger charge is -2.27. The molecule has 0 aromatic rings. The second-order valence-corrected chi connectivity index (χ2v) is 5.20. The van der Waals surface area contributed by atoms with Crippen molar-refractivity contribution in [2.75, 3.05) is 0 Å². The van der Waals surface area contributed by atoms with Crippen LogP contribution >= 0.6 is 32.2 Å². The molecule has 0 radical (unpaired) electrons. The highest BCUT2D eigenvalue weighted by Gasteiger charge is 2.20. The molecule has 3 atom stereocenters. The number of hydrogen-bond donors (Lipinski definition) is 0. The Morgan fingerprint density at radius 1 is 1.25 bits per heavy atom. The van der Waals surface area contributed by atoms with Gasteiger partial charge in [-0.2, -0.15) is 0 Å². The molecule has 0 nitrogen and oxygen atoms in total. The maximum atomic E-state index is 5.20. The van der Waals surface area contributed by atoms with Gasteiger partial charge in [0.2, 0.25) is 0 Å². The van der Waals surface area contributed by atoms with Crippen LogP contribution in [0.4, 0.5) is 0 Å². The first-order valence-corrected chi connectivity index (χ1v) is 6.89. The molecule has 0 aromatic carbocycles. The van der Waals surface area contributed by atoms with Crippen LogP contribution in [-0.2, 0) is 11.8 Å². The molecule has 12 heavy (non-hydrogen) atoms. The molecule has 4 heteroatoms. The highest BCUT2D eigenvalue weighted by molar-refractivity contribution is 7.96. The molecule has 1 aliphatic carbocycles. The molecule has 0 aliphatic heterocycles. The molecule has 0 spiro atoms. The molecular formula is C8H19Cl2PS. The molecule has 3 unspecified atom stereocenters. The second kappa shape index (κ2) is 8.81. The Labute approximate surface area is 94.5 Å². The van der Waals surface area contributed by atoms with Gasteiger partial charge in [-0.3, -0.25) is 0 Å². The van der Waals surface area contributed by atoms with E-state index in [0.29, 0.717) is 7.36 Å². The van der Waals surface area contributed by atoms with Crippen LogP contribution in [0.3, 0.4) is 0 Å². The molecule has 0 N–H and O–H groups in total. The Morgan fingerprint density at radius 2 is 1.83 bits per heavy atom. The van der Waals surface area contributed by atoms with Gasteiger partial charge in [0.25, 0.3) is 0 Å². The van der Waals surface area contributed by atoms with Crippen LogP contribution in [0.15, 0.2) is 0 Å². The van der Waals surface area contributed by atoms with Crippen molar-refractivity contribution in [3.8, 4) is 0 Å². The number of halogens is 2. The first-order valence-electron chi connectivity index (χ1n) is 4.33. The van der Waals surface area contributed by atoms with Crippen molar-refractivity contribution in [2.45, 2.75) is 44.7 Å². The lowest BCUT2D eigenvalue weighted by atomic mass is 9.87. The Kier molecular flexibility index (Phi) is 11.5. The van der Waals surface area contributed by atoms with Crippen molar-refractivity contribution in [1.82, 2.24) is 0 Å². The summed E-state index contributed by atoms with van der Waals surface area (Å²) in [5.41, 5.74) is 0.966. The standard InChI is InChI=1S/C8H17PS.2ClH/c1-2-7-5-3-4-6-8(7)9-10;;/h7-8H,2-6,9H2,1H3;2*1H. The summed E-state index contributed by atoms with van der Waals surface area (Å²) in [5.74, 6) is 1.00. The first-order chi connectivity index (χ1) is 4.88. The van der Waals surface area contributed by atoms with Crippen LogP contribution in [0.1, 0.15) is 39.0 Å². The van der Waals surface area contributed by atoms with Crippen LogP contribution in [0.2, 0.25) is 0 Å². The van der Waals surface area contributed by atoms with Gasteiger partial charge in [-0.1, -0.05) is 33.5 Å². The predicted octanol–water partition coefficient (Wildman–Crippen LogP) is 3.67. The fraction of sp³-hybridized carbons (Fsp3) is 1.00. The van der Waals surface area contributed by atoms with Crippen LogP contribution in [0, 0.1) is 5.92 Å². The zero-order valence-electron chi connectivity index (χ0n) is 7.49. The Balaban J connectivity index is 0. The third-order valence-electron chi connectivity index (χ3n) is 2.67. The quantitative estimate of drug-likeness (QED) is 0.673. The average molecular weight is 249 g/mol. The minimum Gasteiger partial charge on any atom is -0.147 e. The van der Waals surface area contributed by atoms with E-state index in [1.54, 1.807) is 0 Å². The smallest absolute Gasteiger partial charge is 0.0141 e.